The minimum atomic E-state index is -3.65. The largest absolute Gasteiger partial charge is 0.260 e. The van der Waals surface area contributed by atoms with Gasteiger partial charge in [0.1, 0.15) is 0 Å². The third kappa shape index (κ3) is 3.91. The first-order valence-corrected chi connectivity index (χ1v) is 8.38. The molecule has 1 aromatic rings. The Balaban J connectivity index is 2.98. The van der Waals surface area contributed by atoms with Gasteiger partial charge in [-0.05, 0) is 24.6 Å². The SMILES string of the molecule is Cc1ccc(C#N)cc1S(=O)(=O)NCCS(C)=O. The molecule has 0 fully saturated rings. The fourth-order valence-corrected chi connectivity index (χ4v) is 3.18. The van der Waals surface area contributed by atoms with Crippen LogP contribution < -0.4 is 4.72 Å². The quantitative estimate of drug-likeness (QED) is 0.855. The first-order chi connectivity index (χ1) is 8.36. The normalized spacial score (nSPS) is 12.9. The molecule has 1 aromatic carbocycles. The van der Waals surface area contributed by atoms with E-state index < -0.39 is 20.8 Å². The topological polar surface area (TPSA) is 87.0 Å². The molecule has 98 valence electrons. The molecule has 0 saturated carbocycles. The van der Waals surface area contributed by atoms with E-state index in [0.717, 1.165) is 0 Å². The van der Waals surface area contributed by atoms with Crippen LogP contribution >= 0.6 is 0 Å². The van der Waals surface area contributed by atoms with Crippen LogP contribution in [0.4, 0.5) is 0 Å². The van der Waals surface area contributed by atoms with Crippen LogP contribution in [0.3, 0.4) is 0 Å². The molecule has 0 amide bonds. The lowest BCUT2D eigenvalue weighted by atomic mass is 10.2. The molecule has 5 nitrogen and oxygen atoms in total. The van der Waals surface area contributed by atoms with Gasteiger partial charge in [-0.2, -0.15) is 5.26 Å². The second kappa shape index (κ2) is 6.09. The first-order valence-electron chi connectivity index (χ1n) is 5.17. The molecule has 0 aliphatic heterocycles. The Hall–Kier alpha value is -1.23. The van der Waals surface area contributed by atoms with Crippen LogP contribution in [-0.2, 0) is 20.8 Å². The number of nitriles is 1. The molecule has 0 radical (unpaired) electrons. The van der Waals surface area contributed by atoms with Crippen LogP contribution in [0, 0.1) is 18.3 Å². The predicted octanol–water partition coefficient (Wildman–Crippen LogP) is 0.524. The van der Waals surface area contributed by atoms with Gasteiger partial charge < -0.3 is 0 Å². The average Bonchev–Trinajstić information content (AvgIpc) is 2.28. The Kier molecular flexibility index (Phi) is 5.02. The zero-order valence-electron chi connectivity index (χ0n) is 10.1. The van der Waals surface area contributed by atoms with E-state index in [9.17, 15) is 12.6 Å². The molecule has 0 aliphatic carbocycles. The summed E-state index contributed by atoms with van der Waals surface area (Å²) in [7, 11) is -4.70. The van der Waals surface area contributed by atoms with Crippen LogP contribution in [-0.4, -0.2) is 31.2 Å². The van der Waals surface area contributed by atoms with Crippen molar-refractivity contribution in [3.05, 3.63) is 29.3 Å². The Bertz CT molecular complexity index is 603. The monoisotopic (exact) mass is 286 g/mol. The van der Waals surface area contributed by atoms with Gasteiger partial charge in [-0.1, -0.05) is 6.07 Å². The summed E-state index contributed by atoms with van der Waals surface area (Å²) < 4.78 is 37.2. The summed E-state index contributed by atoms with van der Waals surface area (Å²) in [6.45, 7) is 1.77. The number of hydrogen-bond acceptors (Lipinski definition) is 4. The first kappa shape index (κ1) is 14.8. The maximum atomic E-state index is 12.0. The number of rotatable bonds is 5. The Morgan fingerprint density at radius 3 is 2.67 bits per heavy atom. The standard InChI is InChI=1S/C11H14N2O3S2/c1-9-3-4-10(8-12)7-11(9)18(15,16)13-5-6-17(2)14/h3-4,7,13H,5-6H2,1-2H3. The molecular formula is C11H14N2O3S2. The van der Waals surface area contributed by atoms with E-state index in [1.165, 1.54) is 12.3 Å². The molecule has 1 N–H and O–H groups in total. The highest BCUT2D eigenvalue weighted by Gasteiger charge is 2.16. The fourth-order valence-electron chi connectivity index (χ4n) is 1.36. The molecule has 0 saturated heterocycles. The highest BCUT2D eigenvalue weighted by molar-refractivity contribution is 7.89. The van der Waals surface area contributed by atoms with Crippen molar-refractivity contribution in [3.63, 3.8) is 0 Å². The number of sulfonamides is 1. The van der Waals surface area contributed by atoms with Crippen molar-refractivity contribution in [3.8, 4) is 6.07 Å². The second-order valence-electron chi connectivity index (χ2n) is 3.77. The summed E-state index contributed by atoms with van der Waals surface area (Å²) in [5.74, 6) is 0.260. The molecule has 0 spiro atoms. The second-order valence-corrected chi connectivity index (χ2v) is 7.06. The summed E-state index contributed by atoms with van der Waals surface area (Å²) in [6.07, 6.45) is 1.51. The highest BCUT2D eigenvalue weighted by Crippen LogP contribution is 2.16. The van der Waals surface area contributed by atoms with Crippen LogP contribution in [0.25, 0.3) is 0 Å². The number of nitrogens with zero attached hydrogens (tertiary/aromatic N) is 1. The molecule has 1 atom stereocenters. The molecule has 1 unspecified atom stereocenters. The van der Waals surface area contributed by atoms with E-state index in [4.69, 9.17) is 5.26 Å². The third-order valence-corrected chi connectivity index (χ3v) is 4.67. The van der Waals surface area contributed by atoms with E-state index in [1.54, 1.807) is 19.1 Å². The number of hydrogen-bond donors (Lipinski definition) is 1. The lowest BCUT2D eigenvalue weighted by molar-refractivity contribution is 0.583. The lowest BCUT2D eigenvalue weighted by Gasteiger charge is -2.08. The molecule has 0 bridgehead atoms. The van der Waals surface area contributed by atoms with Crippen molar-refractivity contribution in [1.82, 2.24) is 4.72 Å². The smallest absolute Gasteiger partial charge is 0.240 e. The third-order valence-electron chi connectivity index (χ3n) is 2.29. The molecule has 18 heavy (non-hydrogen) atoms. The molecule has 0 aliphatic rings. The summed E-state index contributed by atoms with van der Waals surface area (Å²) in [6, 6.07) is 6.39. The zero-order chi connectivity index (χ0) is 13.8. The zero-order valence-corrected chi connectivity index (χ0v) is 11.8. The number of aryl methyl sites for hydroxylation is 1. The average molecular weight is 286 g/mol. The van der Waals surface area contributed by atoms with Gasteiger partial charge >= 0.3 is 0 Å². The van der Waals surface area contributed by atoms with Crippen LogP contribution in [0.1, 0.15) is 11.1 Å². The molecule has 7 heteroatoms. The molecule has 1 rings (SSSR count). The number of nitrogens with one attached hydrogen (secondary N) is 1. The summed E-state index contributed by atoms with van der Waals surface area (Å²) in [4.78, 5) is 0.0865. The van der Waals surface area contributed by atoms with Crippen molar-refractivity contribution in [1.29, 1.82) is 5.26 Å². The van der Waals surface area contributed by atoms with Crippen LogP contribution in [0.2, 0.25) is 0 Å². The van der Waals surface area contributed by atoms with Crippen molar-refractivity contribution in [2.24, 2.45) is 0 Å². The van der Waals surface area contributed by atoms with Gasteiger partial charge in [-0.15, -0.1) is 0 Å². The van der Waals surface area contributed by atoms with E-state index in [1.807, 2.05) is 6.07 Å². The minimum Gasteiger partial charge on any atom is -0.260 e. The van der Waals surface area contributed by atoms with Gasteiger partial charge in [0, 0.05) is 29.4 Å². The molecule has 0 heterocycles. The van der Waals surface area contributed by atoms with Crippen molar-refractivity contribution < 1.29 is 12.6 Å². The Labute approximate surface area is 109 Å². The Morgan fingerprint density at radius 1 is 1.44 bits per heavy atom. The summed E-state index contributed by atoms with van der Waals surface area (Å²) >= 11 is 0. The van der Waals surface area contributed by atoms with E-state index in [-0.39, 0.29) is 17.2 Å². The van der Waals surface area contributed by atoms with E-state index in [2.05, 4.69) is 4.72 Å². The maximum Gasteiger partial charge on any atom is 0.240 e. The highest BCUT2D eigenvalue weighted by atomic mass is 32.2. The predicted molar refractivity (Wildman–Crippen MR) is 70.0 cm³/mol. The van der Waals surface area contributed by atoms with Crippen molar-refractivity contribution in [2.75, 3.05) is 18.6 Å². The minimum absolute atomic E-state index is 0.0865. The van der Waals surface area contributed by atoms with Gasteiger partial charge in [0.25, 0.3) is 0 Å². The molecule has 0 aromatic heterocycles. The van der Waals surface area contributed by atoms with Gasteiger partial charge in [-0.25, -0.2) is 13.1 Å². The van der Waals surface area contributed by atoms with Gasteiger partial charge in [0.2, 0.25) is 10.0 Å². The van der Waals surface area contributed by atoms with E-state index >= 15 is 0 Å². The summed E-state index contributed by atoms with van der Waals surface area (Å²) in [5.41, 5.74) is 0.860. The number of benzene rings is 1. The van der Waals surface area contributed by atoms with E-state index in [0.29, 0.717) is 11.1 Å². The van der Waals surface area contributed by atoms with Gasteiger partial charge in [0.15, 0.2) is 0 Å². The summed E-state index contributed by atoms with van der Waals surface area (Å²) in [5, 5.41) is 8.76. The molecular weight excluding hydrogens is 272 g/mol. The lowest BCUT2D eigenvalue weighted by Crippen LogP contribution is -2.28. The van der Waals surface area contributed by atoms with Crippen molar-refractivity contribution in [2.45, 2.75) is 11.8 Å². The van der Waals surface area contributed by atoms with Gasteiger partial charge in [0.05, 0.1) is 16.5 Å². The van der Waals surface area contributed by atoms with Crippen LogP contribution in [0.5, 0.6) is 0 Å². The van der Waals surface area contributed by atoms with Gasteiger partial charge in [-0.3, -0.25) is 4.21 Å². The Morgan fingerprint density at radius 2 is 2.11 bits per heavy atom. The van der Waals surface area contributed by atoms with Crippen molar-refractivity contribution >= 4 is 20.8 Å². The van der Waals surface area contributed by atoms with Crippen LogP contribution in [0.15, 0.2) is 23.1 Å². The fraction of sp³-hybridized carbons (Fsp3) is 0.364. The maximum absolute atomic E-state index is 12.0.